The molecule has 0 aromatic rings. The Morgan fingerprint density at radius 1 is 1.50 bits per heavy atom. The van der Waals surface area contributed by atoms with Crippen molar-refractivity contribution in [1.82, 2.24) is 0 Å². The number of allylic oxidation sites excluding steroid dienone is 5. The van der Waals surface area contributed by atoms with E-state index in [-0.39, 0.29) is 0 Å². The smallest absolute Gasteiger partial charge is 0.00777 e. The Hall–Kier alpha value is -0.980. The number of rotatable bonds is 3. The maximum Gasteiger partial charge on any atom is 0.00777 e. The number of hydrogen-bond donors (Lipinski definition) is 1. The lowest BCUT2D eigenvalue weighted by Gasteiger charge is -1.91. The molecule has 1 nitrogen and oxygen atoms in total. The van der Waals surface area contributed by atoms with Gasteiger partial charge in [-0.1, -0.05) is 31.2 Å². The first-order chi connectivity index (χ1) is 4.70. The molecule has 0 aliphatic carbocycles. The van der Waals surface area contributed by atoms with Crippen LogP contribution < -0.4 is 5.73 Å². The van der Waals surface area contributed by atoms with Crippen LogP contribution in [0.3, 0.4) is 0 Å². The van der Waals surface area contributed by atoms with E-state index < -0.39 is 0 Å². The van der Waals surface area contributed by atoms with Crippen LogP contribution in [0.25, 0.3) is 0 Å². The van der Waals surface area contributed by atoms with Crippen LogP contribution in [0, 0.1) is 0 Å². The van der Waals surface area contributed by atoms with Gasteiger partial charge in [-0.15, -0.1) is 0 Å². The summed E-state index contributed by atoms with van der Waals surface area (Å²) < 4.78 is 0. The summed E-state index contributed by atoms with van der Waals surface area (Å²) in [6, 6.07) is 0. The minimum atomic E-state index is 0.904. The lowest BCUT2D eigenvalue weighted by molar-refractivity contribution is 1.07. The van der Waals surface area contributed by atoms with Gasteiger partial charge in [-0.2, -0.15) is 0 Å². The van der Waals surface area contributed by atoms with Gasteiger partial charge in [0.15, 0.2) is 0 Å². The Labute approximate surface area is 62.9 Å². The zero-order valence-electron chi connectivity index (χ0n) is 6.72. The molecule has 10 heavy (non-hydrogen) atoms. The van der Waals surface area contributed by atoms with Gasteiger partial charge < -0.3 is 5.73 Å². The van der Waals surface area contributed by atoms with Gasteiger partial charge in [0.05, 0.1) is 0 Å². The Bertz CT molecular complexity index is 164. The number of hydrogen-bond acceptors (Lipinski definition) is 1. The van der Waals surface area contributed by atoms with E-state index in [1.54, 1.807) is 6.08 Å². The zero-order valence-corrected chi connectivity index (χ0v) is 6.72. The second-order valence-corrected chi connectivity index (χ2v) is 2.21. The molecule has 0 saturated carbocycles. The molecule has 0 fully saturated rings. The molecule has 56 valence electrons. The molecule has 0 bridgehead atoms. The molecule has 0 aromatic carbocycles. The third kappa shape index (κ3) is 3.96. The quantitative estimate of drug-likeness (QED) is 0.594. The fourth-order valence-electron chi connectivity index (χ4n) is 0.424. The second kappa shape index (κ2) is 4.86. The molecule has 0 amide bonds. The first-order valence-electron chi connectivity index (χ1n) is 3.46. The highest BCUT2D eigenvalue weighted by Gasteiger charge is 1.80. The van der Waals surface area contributed by atoms with Gasteiger partial charge >= 0.3 is 0 Å². The Morgan fingerprint density at radius 3 is 2.50 bits per heavy atom. The molecule has 0 saturated heterocycles. The van der Waals surface area contributed by atoms with Crippen molar-refractivity contribution in [2.75, 3.05) is 0 Å². The van der Waals surface area contributed by atoms with Gasteiger partial charge in [0.1, 0.15) is 0 Å². The average molecular weight is 137 g/mol. The summed E-state index contributed by atoms with van der Waals surface area (Å²) in [5, 5.41) is 0. The highest BCUT2D eigenvalue weighted by atomic mass is 14.6. The van der Waals surface area contributed by atoms with Crippen molar-refractivity contribution in [3.63, 3.8) is 0 Å². The van der Waals surface area contributed by atoms with E-state index >= 15 is 0 Å². The van der Waals surface area contributed by atoms with E-state index in [4.69, 9.17) is 5.73 Å². The summed E-state index contributed by atoms with van der Waals surface area (Å²) in [5.74, 6) is 0. The van der Waals surface area contributed by atoms with Crippen LogP contribution in [0.2, 0.25) is 0 Å². The maximum absolute atomic E-state index is 5.56. The first-order valence-corrected chi connectivity index (χ1v) is 3.46. The second-order valence-electron chi connectivity index (χ2n) is 2.21. The predicted molar refractivity (Wildman–Crippen MR) is 46.5 cm³/mol. The van der Waals surface area contributed by atoms with Crippen molar-refractivity contribution < 1.29 is 0 Å². The van der Waals surface area contributed by atoms with E-state index in [9.17, 15) is 0 Å². The summed E-state index contributed by atoms with van der Waals surface area (Å²) >= 11 is 0. The largest absolute Gasteiger partial charge is 0.402 e. The molecule has 1 heteroatoms. The molecule has 0 aliphatic heterocycles. The highest BCUT2D eigenvalue weighted by molar-refractivity contribution is 5.21. The van der Waals surface area contributed by atoms with Crippen LogP contribution in [-0.2, 0) is 0 Å². The van der Waals surface area contributed by atoms with Crippen LogP contribution in [0.5, 0.6) is 0 Å². The van der Waals surface area contributed by atoms with E-state index in [0.717, 1.165) is 17.7 Å². The van der Waals surface area contributed by atoms with E-state index in [1.807, 2.05) is 26.0 Å². The van der Waals surface area contributed by atoms with Crippen LogP contribution in [0.15, 0.2) is 36.1 Å². The Morgan fingerprint density at radius 2 is 2.10 bits per heavy atom. The van der Waals surface area contributed by atoms with Crippen molar-refractivity contribution >= 4 is 0 Å². The Balaban J connectivity index is 4.03. The first kappa shape index (κ1) is 9.02. The third-order valence-corrected chi connectivity index (χ3v) is 1.29. The minimum Gasteiger partial charge on any atom is -0.402 e. The number of nitrogens with two attached hydrogens (primary N) is 1. The molecule has 0 spiro atoms. The molecule has 0 aliphatic rings. The standard InChI is InChI=1S/C9H15N/c1-4-8(3)6-7-9(10)5-2/h4,6-7H,1,5,10H2,2-3H3/b8-6-,9-7-. The van der Waals surface area contributed by atoms with Crippen LogP contribution in [0.1, 0.15) is 20.3 Å². The van der Waals surface area contributed by atoms with Crippen molar-refractivity contribution in [1.29, 1.82) is 0 Å². The van der Waals surface area contributed by atoms with Gasteiger partial charge in [0, 0.05) is 5.70 Å². The fraction of sp³-hybridized carbons (Fsp3) is 0.333. The normalized spacial score (nSPS) is 13.4. The SMILES string of the molecule is C=C/C(C)=C\C=C(/N)CC. The predicted octanol–water partition coefficient (Wildman–Crippen LogP) is 2.37. The molecule has 0 heterocycles. The zero-order chi connectivity index (χ0) is 7.98. The van der Waals surface area contributed by atoms with Gasteiger partial charge in [0.25, 0.3) is 0 Å². The van der Waals surface area contributed by atoms with E-state index in [0.29, 0.717) is 0 Å². The van der Waals surface area contributed by atoms with Crippen LogP contribution in [-0.4, -0.2) is 0 Å². The molecule has 2 N–H and O–H groups in total. The monoisotopic (exact) mass is 137 g/mol. The third-order valence-electron chi connectivity index (χ3n) is 1.29. The highest BCUT2D eigenvalue weighted by Crippen LogP contribution is 1.96. The summed E-state index contributed by atoms with van der Waals surface area (Å²) in [4.78, 5) is 0. The summed E-state index contributed by atoms with van der Waals surface area (Å²) in [5.41, 5.74) is 7.60. The molecule has 0 aromatic heterocycles. The molecule has 0 rings (SSSR count). The molecular formula is C9H15N. The lowest BCUT2D eigenvalue weighted by Crippen LogP contribution is -1.92. The Kier molecular flexibility index (Phi) is 4.38. The lowest BCUT2D eigenvalue weighted by atomic mass is 10.2. The van der Waals surface area contributed by atoms with Crippen molar-refractivity contribution in [2.45, 2.75) is 20.3 Å². The van der Waals surface area contributed by atoms with Crippen molar-refractivity contribution in [3.05, 3.63) is 36.1 Å². The van der Waals surface area contributed by atoms with E-state index in [2.05, 4.69) is 6.58 Å². The summed E-state index contributed by atoms with van der Waals surface area (Å²) in [7, 11) is 0. The molecular weight excluding hydrogens is 122 g/mol. The van der Waals surface area contributed by atoms with Gasteiger partial charge in [0.2, 0.25) is 0 Å². The van der Waals surface area contributed by atoms with Crippen molar-refractivity contribution in [2.24, 2.45) is 5.73 Å². The molecule has 0 unspecified atom stereocenters. The van der Waals surface area contributed by atoms with Crippen LogP contribution >= 0.6 is 0 Å². The molecule has 0 atom stereocenters. The fourth-order valence-corrected chi connectivity index (χ4v) is 0.424. The van der Waals surface area contributed by atoms with Gasteiger partial charge in [-0.3, -0.25) is 0 Å². The average Bonchev–Trinajstić information content (AvgIpc) is 1.99. The summed E-state index contributed by atoms with van der Waals surface area (Å²) in [6.45, 7) is 7.65. The maximum atomic E-state index is 5.56. The van der Waals surface area contributed by atoms with E-state index in [1.165, 1.54) is 0 Å². The van der Waals surface area contributed by atoms with Crippen molar-refractivity contribution in [3.8, 4) is 0 Å². The molecule has 0 radical (unpaired) electrons. The topological polar surface area (TPSA) is 26.0 Å². The van der Waals surface area contributed by atoms with Gasteiger partial charge in [-0.05, 0) is 19.4 Å². The summed E-state index contributed by atoms with van der Waals surface area (Å²) in [6.07, 6.45) is 6.59. The van der Waals surface area contributed by atoms with Crippen LogP contribution in [0.4, 0.5) is 0 Å². The van der Waals surface area contributed by atoms with Gasteiger partial charge in [-0.25, -0.2) is 0 Å². The minimum absolute atomic E-state index is 0.904.